The highest BCUT2D eigenvalue weighted by atomic mass is 35.5. The van der Waals surface area contributed by atoms with Crippen LogP contribution in [0.4, 0.5) is 0 Å². The van der Waals surface area contributed by atoms with Crippen LogP contribution in [0.5, 0.6) is 11.5 Å². The van der Waals surface area contributed by atoms with Crippen LogP contribution < -0.4 is 15.2 Å². The molecule has 0 saturated carbocycles. The predicted molar refractivity (Wildman–Crippen MR) is 100 cm³/mol. The maximum atomic E-state index is 6.16. The fraction of sp³-hybridized carbons (Fsp3) is 0.400. The molecule has 1 atom stereocenters. The Labute approximate surface area is 149 Å². The number of nitrogens with two attached hydrogens (primary N) is 1. The van der Waals surface area contributed by atoms with Gasteiger partial charge in [-0.3, -0.25) is 0 Å². The van der Waals surface area contributed by atoms with Gasteiger partial charge in [-0.05, 0) is 54.8 Å². The Hall–Kier alpha value is -1.71. The van der Waals surface area contributed by atoms with Crippen molar-refractivity contribution < 1.29 is 9.47 Å². The van der Waals surface area contributed by atoms with Crippen LogP contribution >= 0.6 is 11.6 Å². The molecule has 0 saturated heterocycles. The minimum absolute atomic E-state index is 0.138. The van der Waals surface area contributed by atoms with Crippen LogP contribution in [0.3, 0.4) is 0 Å². The third kappa shape index (κ3) is 5.15. The van der Waals surface area contributed by atoms with Crippen molar-refractivity contribution in [3.05, 3.63) is 58.6 Å². The minimum Gasteiger partial charge on any atom is -0.496 e. The molecule has 0 spiro atoms. The maximum absolute atomic E-state index is 6.16. The van der Waals surface area contributed by atoms with Gasteiger partial charge in [-0.25, -0.2) is 0 Å². The largest absolute Gasteiger partial charge is 0.496 e. The second-order valence-corrected chi connectivity index (χ2v) is 6.81. The zero-order valence-corrected chi connectivity index (χ0v) is 15.3. The van der Waals surface area contributed by atoms with E-state index in [1.165, 1.54) is 5.56 Å². The summed E-state index contributed by atoms with van der Waals surface area (Å²) < 4.78 is 11.3. The van der Waals surface area contributed by atoms with Gasteiger partial charge < -0.3 is 15.2 Å². The number of benzene rings is 2. The molecule has 2 aromatic carbocycles. The third-order valence-electron chi connectivity index (χ3n) is 3.88. The molecule has 2 aromatic rings. The Balaban J connectivity index is 2.19. The quantitative estimate of drug-likeness (QED) is 0.754. The number of halogens is 1. The van der Waals surface area contributed by atoms with Crippen LogP contribution in [-0.4, -0.2) is 20.3 Å². The normalized spacial score (nSPS) is 12.2. The first-order valence-corrected chi connectivity index (χ1v) is 8.66. The van der Waals surface area contributed by atoms with Crippen LogP contribution in [0.25, 0.3) is 0 Å². The molecule has 4 heteroatoms. The summed E-state index contributed by atoms with van der Waals surface area (Å²) in [6.45, 7) is 5.51. The SMILES string of the molecule is COc1ccc(Cl)cc1C(CN)Cc1cccc(OCC(C)C)c1. The summed E-state index contributed by atoms with van der Waals surface area (Å²) in [5.74, 6) is 2.36. The molecule has 0 radical (unpaired) electrons. The van der Waals surface area contributed by atoms with Gasteiger partial charge in [-0.2, -0.15) is 0 Å². The molecule has 2 N–H and O–H groups in total. The fourth-order valence-corrected chi connectivity index (χ4v) is 2.83. The highest BCUT2D eigenvalue weighted by Gasteiger charge is 2.16. The van der Waals surface area contributed by atoms with Crippen LogP contribution in [0.1, 0.15) is 30.9 Å². The Morgan fingerprint density at radius 3 is 2.58 bits per heavy atom. The van der Waals surface area contributed by atoms with Crippen LogP contribution in [0.2, 0.25) is 5.02 Å². The molecule has 0 bridgehead atoms. The van der Waals surface area contributed by atoms with Gasteiger partial charge in [0, 0.05) is 16.5 Å². The van der Waals surface area contributed by atoms with Gasteiger partial charge in [0.1, 0.15) is 11.5 Å². The van der Waals surface area contributed by atoms with E-state index in [0.717, 1.165) is 23.5 Å². The van der Waals surface area contributed by atoms with Crippen molar-refractivity contribution in [3.8, 4) is 11.5 Å². The number of methoxy groups -OCH3 is 1. The lowest BCUT2D eigenvalue weighted by atomic mass is 9.91. The molecule has 0 aliphatic carbocycles. The molecule has 0 fully saturated rings. The van der Waals surface area contributed by atoms with Crippen molar-refractivity contribution in [1.29, 1.82) is 0 Å². The molecule has 0 heterocycles. The number of ether oxygens (including phenoxy) is 2. The van der Waals surface area contributed by atoms with Gasteiger partial charge in [-0.15, -0.1) is 0 Å². The molecule has 24 heavy (non-hydrogen) atoms. The van der Waals surface area contributed by atoms with E-state index in [1.807, 2.05) is 30.3 Å². The Bertz CT molecular complexity index is 658. The first kappa shape index (κ1) is 18.6. The number of hydrogen-bond acceptors (Lipinski definition) is 3. The van der Waals surface area contributed by atoms with Crippen LogP contribution in [0, 0.1) is 5.92 Å². The second-order valence-electron chi connectivity index (χ2n) is 6.38. The topological polar surface area (TPSA) is 44.5 Å². The zero-order valence-electron chi connectivity index (χ0n) is 14.6. The van der Waals surface area contributed by atoms with Crippen molar-refractivity contribution in [2.75, 3.05) is 20.3 Å². The molecular weight excluding hydrogens is 322 g/mol. The highest BCUT2D eigenvalue weighted by Crippen LogP contribution is 2.32. The van der Waals surface area contributed by atoms with Crippen molar-refractivity contribution in [1.82, 2.24) is 0 Å². The summed E-state index contributed by atoms with van der Waals surface area (Å²) in [6.07, 6.45) is 0.812. The van der Waals surface area contributed by atoms with Crippen LogP contribution in [0.15, 0.2) is 42.5 Å². The van der Waals surface area contributed by atoms with Crippen molar-refractivity contribution in [2.45, 2.75) is 26.2 Å². The standard InChI is InChI=1S/C20H26ClNO2/c1-14(2)13-24-18-6-4-5-15(10-18)9-16(12-22)19-11-17(21)7-8-20(19)23-3/h4-8,10-11,14,16H,9,12-13,22H2,1-3H3. The van der Waals surface area contributed by atoms with E-state index in [2.05, 4.69) is 26.0 Å². The average molecular weight is 348 g/mol. The molecule has 1 unspecified atom stereocenters. The van der Waals surface area contributed by atoms with Crippen molar-refractivity contribution >= 4 is 11.6 Å². The Morgan fingerprint density at radius 2 is 1.92 bits per heavy atom. The lowest BCUT2D eigenvalue weighted by molar-refractivity contribution is 0.271. The molecule has 2 rings (SSSR count). The van der Waals surface area contributed by atoms with E-state index in [-0.39, 0.29) is 5.92 Å². The molecule has 130 valence electrons. The third-order valence-corrected chi connectivity index (χ3v) is 4.12. The summed E-state index contributed by atoms with van der Waals surface area (Å²) in [4.78, 5) is 0. The molecule has 0 amide bonds. The zero-order chi connectivity index (χ0) is 17.5. The van der Waals surface area contributed by atoms with E-state index in [9.17, 15) is 0 Å². The second kappa shape index (κ2) is 8.95. The van der Waals surface area contributed by atoms with E-state index in [1.54, 1.807) is 7.11 Å². The van der Waals surface area contributed by atoms with Gasteiger partial charge in [0.15, 0.2) is 0 Å². The van der Waals surface area contributed by atoms with Gasteiger partial charge in [-0.1, -0.05) is 37.6 Å². The van der Waals surface area contributed by atoms with E-state index < -0.39 is 0 Å². The minimum atomic E-state index is 0.138. The van der Waals surface area contributed by atoms with Crippen LogP contribution in [-0.2, 0) is 6.42 Å². The summed E-state index contributed by atoms with van der Waals surface area (Å²) in [5, 5.41) is 0.693. The van der Waals surface area contributed by atoms with E-state index >= 15 is 0 Å². The van der Waals surface area contributed by atoms with Crippen molar-refractivity contribution in [3.63, 3.8) is 0 Å². The summed E-state index contributed by atoms with van der Waals surface area (Å²) in [7, 11) is 1.67. The first-order valence-electron chi connectivity index (χ1n) is 8.28. The van der Waals surface area contributed by atoms with E-state index in [4.69, 9.17) is 26.8 Å². The van der Waals surface area contributed by atoms with Gasteiger partial charge >= 0.3 is 0 Å². The molecule has 0 aliphatic heterocycles. The monoisotopic (exact) mass is 347 g/mol. The van der Waals surface area contributed by atoms with E-state index in [0.29, 0.717) is 24.1 Å². The number of hydrogen-bond donors (Lipinski definition) is 1. The van der Waals surface area contributed by atoms with Gasteiger partial charge in [0.05, 0.1) is 13.7 Å². The van der Waals surface area contributed by atoms with Gasteiger partial charge in [0.25, 0.3) is 0 Å². The smallest absolute Gasteiger partial charge is 0.122 e. The highest BCUT2D eigenvalue weighted by molar-refractivity contribution is 6.30. The van der Waals surface area contributed by atoms with Crippen molar-refractivity contribution in [2.24, 2.45) is 11.7 Å². The summed E-state index contributed by atoms with van der Waals surface area (Å²) in [6, 6.07) is 13.9. The number of rotatable bonds is 8. The lowest BCUT2D eigenvalue weighted by Crippen LogP contribution is -2.16. The molecule has 0 aliphatic rings. The predicted octanol–water partition coefficient (Wildman–Crippen LogP) is 4.67. The molecular formula is C20H26ClNO2. The lowest BCUT2D eigenvalue weighted by Gasteiger charge is -2.19. The Kier molecular flexibility index (Phi) is 6.95. The summed E-state index contributed by atoms with van der Waals surface area (Å²) >= 11 is 6.16. The fourth-order valence-electron chi connectivity index (χ4n) is 2.65. The maximum Gasteiger partial charge on any atom is 0.122 e. The van der Waals surface area contributed by atoms with Gasteiger partial charge in [0.2, 0.25) is 0 Å². The average Bonchev–Trinajstić information content (AvgIpc) is 2.58. The Morgan fingerprint density at radius 1 is 1.12 bits per heavy atom. The molecule has 3 nitrogen and oxygen atoms in total. The first-order chi connectivity index (χ1) is 11.5. The molecule has 0 aromatic heterocycles. The summed E-state index contributed by atoms with van der Waals surface area (Å²) in [5.41, 5.74) is 8.26.